The lowest BCUT2D eigenvalue weighted by molar-refractivity contribution is -0.119. The number of fused-ring (bicyclic) bond motifs is 1. The molecule has 5 nitrogen and oxygen atoms in total. The monoisotopic (exact) mass is 405 g/mol. The van der Waals surface area contributed by atoms with E-state index in [2.05, 4.69) is 57.0 Å². The van der Waals surface area contributed by atoms with Gasteiger partial charge in [0.05, 0.1) is 19.3 Å². The molecule has 5 heteroatoms. The van der Waals surface area contributed by atoms with Gasteiger partial charge < -0.3 is 14.2 Å². The Labute approximate surface area is 178 Å². The van der Waals surface area contributed by atoms with Gasteiger partial charge in [-0.1, -0.05) is 37.3 Å². The lowest BCUT2D eigenvalue weighted by atomic mass is 10.1. The van der Waals surface area contributed by atoms with Gasteiger partial charge in [0.15, 0.2) is 5.78 Å². The van der Waals surface area contributed by atoms with E-state index in [1.54, 1.807) is 7.11 Å². The summed E-state index contributed by atoms with van der Waals surface area (Å²) in [5.41, 5.74) is 3.68. The number of carbonyl (C=O) groups excluding carboxylic acids is 1. The van der Waals surface area contributed by atoms with E-state index in [4.69, 9.17) is 4.74 Å². The Morgan fingerprint density at radius 2 is 1.73 bits per heavy atom. The van der Waals surface area contributed by atoms with Gasteiger partial charge in [0.25, 0.3) is 0 Å². The third-order valence-corrected chi connectivity index (χ3v) is 6.11. The molecule has 0 amide bonds. The van der Waals surface area contributed by atoms with Crippen LogP contribution >= 0.6 is 0 Å². The molecule has 1 aliphatic rings. The van der Waals surface area contributed by atoms with Crippen molar-refractivity contribution < 1.29 is 9.53 Å². The highest BCUT2D eigenvalue weighted by Gasteiger charge is 2.20. The van der Waals surface area contributed by atoms with E-state index >= 15 is 0 Å². The lowest BCUT2D eigenvalue weighted by Crippen LogP contribution is -2.47. The number of Topliss-reactive ketones (excluding diaryl/α,β-unsaturated/α-hetero) is 1. The fraction of sp³-hybridized carbons (Fsp3) is 0.400. The van der Waals surface area contributed by atoms with E-state index in [0.717, 1.165) is 50.4 Å². The molecule has 0 aliphatic carbocycles. The number of nitrogens with zero attached hydrogens (tertiary/aromatic N) is 3. The number of hydrogen-bond acceptors (Lipinski definition) is 4. The van der Waals surface area contributed by atoms with Crippen LogP contribution < -0.4 is 9.64 Å². The first-order valence-electron chi connectivity index (χ1n) is 10.9. The minimum Gasteiger partial charge on any atom is -0.495 e. The molecule has 0 bridgehead atoms. The number of ether oxygens (including phenoxy) is 1. The molecule has 0 radical (unpaired) electrons. The van der Waals surface area contributed by atoms with Crippen molar-refractivity contribution in [3.05, 3.63) is 60.3 Å². The summed E-state index contributed by atoms with van der Waals surface area (Å²) in [6, 6.07) is 16.7. The first-order chi connectivity index (χ1) is 14.7. The number of methoxy groups -OCH3 is 1. The zero-order valence-corrected chi connectivity index (χ0v) is 18.0. The summed E-state index contributed by atoms with van der Waals surface area (Å²) in [7, 11) is 1.74. The van der Waals surface area contributed by atoms with Crippen molar-refractivity contribution in [3.8, 4) is 5.75 Å². The average molecular weight is 406 g/mol. The number of benzene rings is 2. The third-order valence-electron chi connectivity index (χ3n) is 6.11. The highest BCUT2D eigenvalue weighted by atomic mass is 16.5. The van der Waals surface area contributed by atoms with E-state index in [-0.39, 0.29) is 5.78 Å². The van der Waals surface area contributed by atoms with E-state index < -0.39 is 0 Å². The van der Waals surface area contributed by atoms with Crippen LogP contribution in [0.4, 0.5) is 5.69 Å². The molecular formula is C25H31N3O2. The third kappa shape index (κ3) is 4.36. The smallest absolute Gasteiger partial charge is 0.152 e. The Morgan fingerprint density at radius 1 is 1.00 bits per heavy atom. The van der Waals surface area contributed by atoms with E-state index in [1.807, 2.05) is 19.1 Å². The Morgan fingerprint density at radius 3 is 2.50 bits per heavy atom. The SMILES string of the molecule is CCC(=O)Cn1cc(CCN2CCN(c3ccccc3OC)CC2)c2ccccc21. The maximum absolute atomic E-state index is 12.0. The second-order valence-corrected chi connectivity index (χ2v) is 7.94. The normalized spacial score (nSPS) is 14.9. The quantitative estimate of drug-likeness (QED) is 0.568. The molecule has 0 unspecified atom stereocenters. The first-order valence-corrected chi connectivity index (χ1v) is 10.9. The predicted molar refractivity (Wildman–Crippen MR) is 123 cm³/mol. The largest absolute Gasteiger partial charge is 0.495 e. The summed E-state index contributed by atoms with van der Waals surface area (Å²) in [4.78, 5) is 16.9. The first kappa shape index (κ1) is 20.5. The minimum atomic E-state index is 0.273. The Hall–Kier alpha value is -2.79. The number of carbonyl (C=O) groups is 1. The van der Waals surface area contributed by atoms with Crippen molar-refractivity contribution in [1.29, 1.82) is 0 Å². The molecule has 0 spiro atoms. The summed E-state index contributed by atoms with van der Waals surface area (Å²) in [5.74, 6) is 1.22. The fourth-order valence-corrected chi connectivity index (χ4v) is 4.34. The van der Waals surface area contributed by atoms with Gasteiger partial charge in [-0.2, -0.15) is 0 Å². The Kier molecular flexibility index (Phi) is 6.38. The standard InChI is InChI=1S/C25H31N3O2/c1-3-21(29)19-28-18-20(22-8-4-5-9-23(22)28)12-13-26-14-16-27(17-15-26)24-10-6-7-11-25(24)30-2/h4-11,18H,3,12-17,19H2,1-2H3. The molecule has 3 aromatic rings. The van der Waals surface area contributed by atoms with Crippen LogP contribution in [0, 0.1) is 0 Å². The number of anilines is 1. The molecule has 4 rings (SSSR count). The van der Waals surface area contributed by atoms with Gasteiger partial charge in [-0.15, -0.1) is 0 Å². The minimum absolute atomic E-state index is 0.273. The van der Waals surface area contributed by atoms with Crippen LogP contribution in [0.15, 0.2) is 54.7 Å². The van der Waals surface area contributed by atoms with Crippen LogP contribution in [0.1, 0.15) is 18.9 Å². The molecule has 1 fully saturated rings. The average Bonchev–Trinajstić information content (AvgIpc) is 3.15. The van der Waals surface area contributed by atoms with Crippen LogP contribution in [0.25, 0.3) is 10.9 Å². The summed E-state index contributed by atoms with van der Waals surface area (Å²) < 4.78 is 7.65. The van der Waals surface area contributed by atoms with E-state index in [0.29, 0.717) is 13.0 Å². The van der Waals surface area contributed by atoms with Crippen LogP contribution in [-0.4, -0.2) is 55.1 Å². The zero-order chi connectivity index (χ0) is 20.9. The maximum Gasteiger partial charge on any atom is 0.152 e. The molecular weight excluding hydrogens is 374 g/mol. The predicted octanol–water partition coefficient (Wildman–Crippen LogP) is 3.99. The van der Waals surface area contributed by atoms with E-state index in [1.165, 1.54) is 16.6 Å². The second-order valence-electron chi connectivity index (χ2n) is 7.94. The van der Waals surface area contributed by atoms with Crippen molar-refractivity contribution in [3.63, 3.8) is 0 Å². The van der Waals surface area contributed by atoms with E-state index in [9.17, 15) is 4.79 Å². The summed E-state index contributed by atoms with van der Waals surface area (Å²) >= 11 is 0. The molecule has 30 heavy (non-hydrogen) atoms. The number of hydrogen-bond donors (Lipinski definition) is 0. The van der Waals surface area contributed by atoms with Crippen molar-refractivity contribution in [2.24, 2.45) is 0 Å². The van der Waals surface area contributed by atoms with Crippen molar-refractivity contribution in [2.75, 3.05) is 44.7 Å². The van der Waals surface area contributed by atoms with Crippen molar-refractivity contribution >= 4 is 22.4 Å². The molecule has 0 atom stereocenters. The fourth-order valence-electron chi connectivity index (χ4n) is 4.34. The van der Waals surface area contributed by atoms with Gasteiger partial charge in [-0.25, -0.2) is 0 Å². The van der Waals surface area contributed by atoms with Crippen LogP contribution in [0.5, 0.6) is 5.75 Å². The molecule has 1 aromatic heterocycles. The topological polar surface area (TPSA) is 37.7 Å². The molecule has 158 valence electrons. The maximum atomic E-state index is 12.0. The van der Waals surface area contributed by atoms with Crippen molar-refractivity contribution in [2.45, 2.75) is 26.3 Å². The summed E-state index contributed by atoms with van der Waals surface area (Å²) in [6.07, 6.45) is 3.77. The summed E-state index contributed by atoms with van der Waals surface area (Å²) in [6.45, 7) is 7.54. The van der Waals surface area contributed by atoms with Gasteiger partial charge in [-0.05, 0) is 30.2 Å². The number of para-hydroxylation sites is 3. The van der Waals surface area contributed by atoms with Crippen LogP contribution in [0.2, 0.25) is 0 Å². The van der Waals surface area contributed by atoms with Gasteiger partial charge in [0, 0.05) is 56.2 Å². The molecule has 0 N–H and O–H groups in total. The Bertz CT molecular complexity index is 1000. The second kappa shape index (κ2) is 9.35. The van der Waals surface area contributed by atoms with Crippen LogP contribution in [-0.2, 0) is 17.8 Å². The molecule has 2 aromatic carbocycles. The number of aromatic nitrogens is 1. The van der Waals surface area contributed by atoms with Gasteiger partial charge in [0.1, 0.15) is 5.75 Å². The van der Waals surface area contributed by atoms with Gasteiger partial charge in [0.2, 0.25) is 0 Å². The molecule has 1 saturated heterocycles. The molecule has 2 heterocycles. The van der Waals surface area contributed by atoms with Crippen molar-refractivity contribution in [1.82, 2.24) is 9.47 Å². The molecule has 0 saturated carbocycles. The highest BCUT2D eigenvalue weighted by Crippen LogP contribution is 2.28. The van der Waals surface area contributed by atoms with Gasteiger partial charge in [-0.3, -0.25) is 9.69 Å². The van der Waals surface area contributed by atoms with Gasteiger partial charge >= 0.3 is 0 Å². The number of ketones is 1. The highest BCUT2D eigenvalue weighted by molar-refractivity contribution is 5.86. The lowest BCUT2D eigenvalue weighted by Gasteiger charge is -2.36. The number of piperazine rings is 1. The number of rotatable bonds is 8. The zero-order valence-electron chi connectivity index (χ0n) is 18.0. The van der Waals surface area contributed by atoms with Crippen LogP contribution in [0.3, 0.4) is 0 Å². The molecule has 1 aliphatic heterocycles. The summed E-state index contributed by atoms with van der Waals surface area (Å²) in [5, 5.41) is 1.27. The Balaban J connectivity index is 1.39.